The van der Waals surface area contributed by atoms with Gasteiger partial charge in [-0.1, -0.05) is 25.1 Å². The van der Waals surface area contributed by atoms with Gasteiger partial charge in [-0.2, -0.15) is 0 Å². The van der Waals surface area contributed by atoms with Gasteiger partial charge in [0.1, 0.15) is 0 Å². The molecule has 0 bridgehead atoms. The number of thiophene rings is 1. The molecular formula is C17H21BrN2OS2. The van der Waals surface area contributed by atoms with E-state index >= 15 is 0 Å². The topological polar surface area (TPSA) is 32.3 Å². The zero-order valence-electron chi connectivity index (χ0n) is 13.1. The second-order valence-corrected chi connectivity index (χ2v) is 8.74. The number of hydrogen-bond acceptors (Lipinski definition) is 4. The summed E-state index contributed by atoms with van der Waals surface area (Å²) in [5.41, 5.74) is 0. The summed E-state index contributed by atoms with van der Waals surface area (Å²) in [4.78, 5) is 16.7. The minimum absolute atomic E-state index is 0.0936. The molecule has 6 heteroatoms. The Kier molecular flexibility index (Phi) is 8.16. The number of carbonyl (C=O) groups is 1. The highest BCUT2D eigenvalue weighted by molar-refractivity contribution is 9.11. The molecule has 0 aliphatic heterocycles. The number of nitrogens with one attached hydrogen (secondary N) is 1. The van der Waals surface area contributed by atoms with Crippen LogP contribution in [0.2, 0.25) is 0 Å². The fraction of sp³-hybridized carbons (Fsp3) is 0.353. The maximum Gasteiger partial charge on any atom is 0.234 e. The molecule has 2 rings (SSSR count). The third kappa shape index (κ3) is 7.08. The predicted octanol–water partition coefficient (Wildman–Crippen LogP) is 4.24. The van der Waals surface area contributed by atoms with Crippen molar-refractivity contribution in [2.45, 2.75) is 18.4 Å². The highest BCUT2D eigenvalue weighted by Gasteiger charge is 2.10. The SMILES string of the molecule is CCN(CC(=O)NCCSc1ccccc1)Cc1ccc(Br)s1. The molecule has 0 aliphatic carbocycles. The molecule has 0 aliphatic rings. The lowest BCUT2D eigenvalue weighted by atomic mass is 10.4. The molecule has 0 fully saturated rings. The van der Waals surface area contributed by atoms with Crippen molar-refractivity contribution in [1.29, 1.82) is 0 Å². The van der Waals surface area contributed by atoms with Crippen molar-refractivity contribution >= 4 is 44.9 Å². The van der Waals surface area contributed by atoms with Crippen molar-refractivity contribution in [3.8, 4) is 0 Å². The lowest BCUT2D eigenvalue weighted by Gasteiger charge is -2.19. The van der Waals surface area contributed by atoms with Crippen LogP contribution in [0.4, 0.5) is 0 Å². The van der Waals surface area contributed by atoms with Crippen LogP contribution in [0.5, 0.6) is 0 Å². The highest BCUT2D eigenvalue weighted by Crippen LogP contribution is 2.23. The molecule has 1 amide bonds. The first-order chi connectivity index (χ1) is 11.2. The summed E-state index contributed by atoms with van der Waals surface area (Å²) in [6.45, 7) is 4.91. The molecule has 3 nitrogen and oxygen atoms in total. The number of hydrogen-bond donors (Lipinski definition) is 1. The zero-order valence-corrected chi connectivity index (χ0v) is 16.3. The Balaban J connectivity index is 1.66. The van der Waals surface area contributed by atoms with Crippen LogP contribution in [0.15, 0.2) is 51.1 Å². The smallest absolute Gasteiger partial charge is 0.234 e. The normalized spacial score (nSPS) is 10.9. The maximum absolute atomic E-state index is 12.1. The van der Waals surface area contributed by atoms with E-state index in [4.69, 9.17) is 0 Å². The van der Waals surface area contributed by atoms with Crippen LogP contribution < -0.4 is 5.32 Å². The summed E-state index contributed by atoms with van der Waals surface area (Å²) in [6, 6.07) is 14.4. The van der Waals surface area contributed by atoms with Gasteiger partial charge in [0.05, 0.1) is 10.3 Å². The number of nitrogens with zero attached hydrogens (tertiary/aromatic N) is 1. The summed E-state index contributed by atoms with van der Waals surface area (Å²) in [7, 11) is 0. The lowest BCUT2D eigenvalue weighted by Crippen LogP contribution is -2.37. The van der Waals surface area contributed by atoms with Gasteiger partial charge in [0.25, 0.3) is 0 Å². The number of amides is 1. The van der Waals surface area contributed by atoms with Crippen LogP contribution in [0.25, 0.3) is 0 Å². The van der Waals surface area contributed by atoms with Crippen molar-refractivity contribution in [2.24, 2.45) is 0 Å². The van der Waals surface area contributed by atoms with Crippen molar-refractivity contribution < 1.29 is 4.79 Å². The van der Waals surface area contributed by atoms with Crippen LogP contribution in [0.1, 0.15) is 11.8 Å². The lowest BCUT2D eigenvalue weighted by molar-refractivity contribution is -0.122. The number of thioether (sulfide) groups is 1. The third-order valence-corrected chi connectivity index (χ3v) is 5.88. The minimum Gasteiger partial charge on any atom is -0.354 e. The maximum atomic E-state index is 12.1. The third-order valence-electron chi connectivity index (χ3n) is 3.26. The molecule has 0 saturated carbocycles. The first-order valence-electron chi connectivity index (χ1n) is 7.58. The number of likely N-dealkylation sites (N-methyl/N-ethyl adjacent to an activating group) is 1. The molecule has 0 atom stereocenters. The van der Waals surface area contributed by atoms with Gasteiger partial charge in [0, 0.05) is 28.6 Å². The van der Waals surface area contributed by atoms with Gasteiger partial charge in [0.2, 0.25) is 5.91 Å². The first kappa shape index (κ1) is 18.5. The molecule has 2 aromatic rings. The Hall–Kier alpha value is -0.820. The summed E-state index contributed by atoms with van der Waals surface area (Å²) >= 11 is 6.95. The quantitative estimate of drug-likeness (QED) is 0.493. The Labute approximate surface area is 154 Å². The van der Waals surface area contributed by atoms with E-state index < -0.39 is 0 Å². The summed E-state index contributed by atoms with van der Waals surface area (Å²) < 4.78 is 1.13. The van der Waals surface area contributed by atoms with E-state index in [1.54, 1.807) is 23.1 Å². The van der Waals surface area contributed by atoms with Gasteiger partial charge in [-0.25, -0.2) is 0 Å². The molecular weight excluding hydrogens is 392 g/mol. The van der Waals surface area contributed by atoms with Gasteiger partial charge in [-0.15, -0.1) is 23.1 Å². The molecule has 0 saturated heterocycles. The van der Waals surface area contributed by atoms with Gasteiger partial charge in [-0.3, -0.25) is 9.69 Å². The van der Waals surface area contributed by atoms with E-state index in [1.165, 1.54) is 9.77 Å². The number of benzene rings is 1. The van der Waals surface area contributed by atoms with Gasteiger partial charge >= 0.3 is 0 Å². The highest BCUT2D eigenvalue weighted by atomic mass is 79.9. The fourth-order valence-corrected chi connectivity index (χ4v) is 4.39. The molecule has 1 aromatic heterocycles. The van der Waals surface area contributed by atoms with Gasteiger partial charge in [0.15, 0.2) is 0 Å². The Morgan fingerprint density at radius 3 is 2.70 bits per heavy atom. The van der Waals surface area contributed by atoms with E-state index in [0.29, 0.717) is 13.1 Å². The van der Waals surface area contributed by atoms with Crippen molar-refractivity contribution in [1.82, 2.24) is 10.2 Å². The molecule has 1 heterocycles. The van der Waals surface area contributed by atoms with E-state index in [0.717, 1.165) is 22.6 Å². The second-order valence-electron chi connectivity index (χ2n) is 5.02. The summed E-state index contributed by atoms with van der Waals surface area (Å²) in [5.74, 6) is 0.982. The van der Waals surface area contributed by atoms with Gasteiger partial charge in [-0.05, 0) is 46.7 Å². The van der Waals surface area contributed by atoms with Crippen LogP contribution in [0, 0.1) is 0 Å². The molecule has 124 valence electrons. The van der Waals surface area contributed by atoms with E-state index in [9.17, 15) is 4.79 Å². The van der Waals surface area contributed by atoms with Crippen molar-refractivity contribution in [2.75, 3.05) is 25.4 Å². The van der Waals surface area contributed by atoms with Crippen molar-refractivity contribution in [3.05, 3.63) is 51.1 Å². The summed E-state index contributed by atoms with van der Waals surface area (Å²) in [6.07, 6.45) is 0. The van der Waals surface area contributed by atoms with Gasteiger partial charge < -0.3 is 5.32 Å². The second kappa shape index (κ2) is 10.1. The van der Waals surface area contributed by atoms with E-state index in [-0.39, 0.29) is 5.91 Å². The first-order valence-corrected chi connectivity index (χ1v) is 10.2. The average molecular weight is 413 g/mol. The Bertz CT molecular complexity index is 604. The molecule has 23 heavy (non-hydrogen) atoms. The molecule has 0 unspecified atom stereocenters. The van der Waals surface area contributed by atoms with E-state index in [1.807, 2.05) is 18.2 Å². The standard InChI is InChI=1S/C17H21BrN2OS2/c1-2-20(12-15-8-9-16(18)23-15)13-17(21)19-10-11-22-14-6-4-3-5-7-14/h3-9H,2,10-13H2,1H3,(H,19,21). The molecule has 0 radical (unpaired) electrons. The van der Waals surface area contributed by atoms with Crippen LogP contribution >= 0.6 is 39.0 Å². The summed E-state index contributed by atoms with van der Waals surface area (Å²) in [5, 5.41) is 3.00. The Morgan fingerprint density at radius 1 is 1.26 bits per heavy atom. The molecule has 1 aromatic carbocycles. The zero-order chi connectivity index (χ0) is 16.5. The number of carbonyl (C=O) groups excluding carboxylic acids is 1. The van der Waals surface area contributed by atoms with Crippen LogP contribution in [0.3, 0.4) is 0 Å². The largest absolute Gasteiger partial charge is 0.354 e. The monoisotopic (exact) mass is 412 g/mol. The predicted molar refractivity (Wildman–Crippen MR) is 103 cm³/mol. The van der Waals surface area contributed by atoms with Crippen molar-refractivity contribution in [3.63, 3.8) is 0 Å². The van der Waals surface area contributed by atoms with Crippen LogP contribution in [-0.2, 0) is 11.3 Å². The average Bonchev–Trinajstić information content (AvgIpc) is 2.97. The van der Waals surface area contributed by atoms with Crippen LogP contribution in [-0.4, -0.2) is 36.2 Å². The molecule has 1 N–H and O–H groups in total. The number of rotatable bonds is 9. The minimum atomic E-state index is 0.0936. The van der Waals surface area contributed by atoms with E-state index in [2.05, 4.69) is 57.3 Å². The fourth-order valence-electron chi connectivity index (χ4n) is 2.07. The number of halogens is 1. The molecule has 0 spiro atoms. The Morgan fingerprint density at radius 2 is 2.04 bits per heavy atom.